The van der Waals surface area contributed by atoms with Crippen LogP contribution in [0.15, 0.2) is 15.7 Å². The number of halogens is 2. The second-order valence-corrected chi connectivity index (χ2v) is 6.54. The number of rotatable bonds is 4. The molecule has 0 aromatic carbocycles. The first-order valence-electron chi connectivity index (χ1n) is 5.51. The van der Waals surface area contributed by atoms with Gasteiger partial charge in [-0.15, -0.1) is 0 Å². The minimum absolute atomic E-state index is 0.00194. The molecule has 2 amide bonds. The normalized spacial score (nSPS) is 20.2. The third-order valence-corrected chi connectivity index (χ3v) is 5.15. The van der Waals surface area contributed by atoms with Gasteiger partial charge >= 0.3 is 0 Å². The molecule has 110 valence electrons. The van der Waals surface area contributed by atoms with Gasteiger partial charge in [0.25, 0.3) is 6.43 Å². The molecule has 1 aliphatic rings. The minimum Gasteiger partial charge on any atom is -0.295 e. The molecule has 10 heteroatoms. The van der Waals surface area contributed by atoms with Gasteiger partial charge in [0.15, 0.2) is 0 Å². The molecular weight excluding hydrogens is 314 g/mol. The molecule has 1 saturated heterocycles. The summed E-state index contributed by atoms with van der Waals surface area (Å²) in [7, 11) is -4.23. The van der Waals surface area contributed by atoms with Crippen LogP contribution in [-0.2, 0) is 19.6 Å². The molecule has 20 heavy (non-hydrogen) atoms. The Morgan fingerprint density at radius 3 is 2.65 bits per heavy atom. The highest BCUT2D eigenvalue weighted by Crippen LogP contribution is 2.30. The van der Waals surface area contributed by atoms with Crippen LogP contribution in [0.4, 0.5) is 8.78 Å². The fraction of sp³-hybridized carbons (Fsp3) is 0.400. The Labute approximate surface area is 117 Å². The van der Waals surface area contributed by atoms with E-state index < -0.39 is 44.8 Å². The van der Waals surface area contributed by atoms with Gasteiger partial charge in [-0.1, -0.05) is 0 Å². The van der Waals surface area contributed by atoms with Crippen molar-refractivity contribution in [2.24, 2.45) is 0 Å². The summed E-state index contributed by atoms with van der Waals surface area (Å²) in [5, 5.41) is 4.11. The first-order chi connectivity index (χ1) is 9.31. The van der Waals surface area contributed by atoms with Crippen molar-refractivity contribution in [3.8, 4) is 0 Å². The fourth-order valence-corrected chi connectivity index (χ4v) is 4.37. The van der Waals surface area contributed by atoms with E-state index in [1.54, 1.807) is 0 Å². The first-order valence-corrected chi connectivity index (χ1v) is 7.94. The number of carbonyl (C=O) groups is 2. The summed E-state index contributed by atoms with van der Waals surface area (Å²) >= 11 is 0.831. The van der Waals surface area contributed by atoms with E-state index in [-0.39, 0.29) is 12.8 Å². The summed E-state index contributed by atoms with van der Waals surface area (Å²) in [5.41, 5.74) is -0.602. The molecule has 1 atom stereocenters. The summed E-state index contributed by atoms with van der Waals surface area (Å²) in [4.78, 5) is 21.9. The Bertz CT molecular complexity index is 641. The van der Waals surface area contributed by atoms with Gasteiger partial charge in [-0.3, -0.25) is 14.9 Å². The van der Waals surface area contributed by atoms with E-state index in [0.717, 1.165) is 22.1 Å². The second kappa shape index (κ2) is 5.54. The zero-order valence-corrected chi connectivity index (χ0v) is 11.6. The molecule has 2 N–H and O–H groups in total. The number of sulfonamides is 1. The largest absolute Gasteiger partial charge is 0.295 e. The molecule has 2 heterocycles. The smallest absolute Gasteiger partial charge is 0.265 e. The Morgan fingerprint density at radius 2 is 2.05 bits per heavy atom. The van der Waals surface area contributed by atoms with Crippen LogP contribution in [0.1, 0.15) is 24.8 Å². The molecule has 1 aromatic heterocycles. The van der Waals surface area contributed by atoms with E-state index in [0.29, 0.717) is 0 Å². The molecule has 0 bridgehead atoms. The number of carbonyl (C=O) groups excluding carboxylic acids is 2. The number of alkyl halides is 2. The predicted octanol–water partition coefficient (Wildman–Crippen LogP) is 0.769. The Hall–Kier alpha value is -1.39. The maximum atomic E-state index is 12.7. The van der Waals surface area contributed by atoms with Crippen LogP contribution in [0.3, 0.4) is 0 Å². The van der Waals surface area contributed by atoms with E-state index in [2.05, 4.69) is 0 Å². The van der Waals surface area contributed by atoms with Gasteiger partial charge < -0.3 is 0 Å². The quantitative estimate of drug-likeness (QED) is 0.800. The van der Waals surface area contributed by atoms with Crippen LogP contribution in [0.5, 0.6) is 0 Å². The summed E-state index contributed by atoms with van der Waals surface area (Å²) in [6.07, 6.45) is -2.93. The molecule has 2 rings (SSSR count). The highest BCUT2D eigenvalue weighted by molar-refractivity contribution is 7.89. The van der Waals surface area contributed by atoms with Gasteiger partial charge in [-0.05, 0) is 6.42 Å². The van der Waals surface area contributed by atoms with Gasteiger partial charge in [0.1, 0.15) is 10.9 Å². The molecule has 1 unspecified atom stereocenters. The zero-order chi connectivity index (χ0) is 14.9. The SMILES string of the molecule is O=C1CCC(NS(=O)(=O)c2cscc2C(F)F)C(=O)N1. The van der Waals surface area contributed by atoms with Crippen molar-refractivity contribution in [1.29, 1.82) is 0 Å². The van der Waals surface area contributed by atoms with Crippen LogP contribution in [0, 0.1) is 0 Å². The number of hydrogen-bond donors (Lipinski definition) is 2. The summed E-state index contributed by atoms with van der Waals surface area (Å²) in [6, 6.07) is -1.14. The average molecular weight is 324 g/mol. The maximum Gasteiger partial charge on any atom is 0.265 e. The molecule has 1 fully saturated rings. The lowest BCUT2D eigenvalue weighted by Gasteiger charge is -2.21. The number of imide groups is 1. The number of nitrogens with one attached hydrogen (secondary N) is 2. The maximum absolute atomic E-state index is 12.7. The van der Waals surface area contributed by atoms with Gasteiger partial charge in [0.05, 0.1) is 0 Å². The topological polar surface area (TPSA) is 92.3 Å². The Kier molecular flexibility index (Phi) is 4.16. The molecule has 0 spiro atoms. The average Bonchev–Trinajstić information content (AvgIpc) is 2.82. The fourth-order valence-electron chi connectivity index (χ4n) is 1.73. The summed E-state index contributed by atoms with van der Waals surface area (Å²) in [5.74, 6) is -1.27. The highest BCUT2D eigenvalue weighted by Gasteiger charge is 2.33. The van der Waals surface area contributed by atoms with E-state index >= 15 is 0 Å². The van der Waals surface area contributed by atoms with Crippen molar-refractivity contribution in [3.05, 3.63) is 16.3 Å². The number of thiophene rings is 1. The van der Waals surface area contributed by atoms with Crippen molar-refractivity contribution < 1.29 is 26.8 Å². The molecule has 6 nitrogen and oxygen atoms in total. The second-order valence-electron chi connectivity index (χ2n) is 4.12. The third-order valence-electron chi connectivity index (χ3n) is 2.72. The van der Waals surface area contributed by atoms with Crippen molar-refractivity contribution in [2.75, 3.05) is 0 Å². The number of hydrogen-bond acceptors (Lipinski definition) is 5. The van der Waals surface area contributed by atoms with Gasteiger partial charge in [-0.2, -0.15) is 16.1 Å². The van der Waals surface area contributed by atoms with E-state index in [9.17, 15) is 26.8 Å². The lowest BCUT2D eigenvalue weighted by atomic mass is 10.1. The lowest BCUT2D eigenvalue weighted by Crippen LogP contribution is -2.52. The Morgan fingerprint density at radius 1 is 1.35 bits per heavy atom. The predicted molar refractivity (Wildman–Crippen MR) is 65.8 cm³/mol. The lowest BCUT2D eigenvalue weighted by molar-refractivity contribution is -0.134. The summed E-state index contributed by atoms with van der Waals surface area (Å²) in [6.45, 7) is 0. The first kappa shape index (κ1) is 15.0. The Balaban J connectivity index is 2.21. The molecule has 1 aromatic rings. The van der Waals surface area contributed by atoms with Crippen molar-refractivity contribution in [1.82, 2.24) is 10.0 Å². The molecular formula is C10H10F2N2O4S2. The third kappa shape index (κ3) is 3.02. The minimum atomic E-state index is -4.23. The van der Waals surface area contributed by atoms with Crippen LogP contribution >= 0.6 is 11.3 Å². The van der Waals surface area contributed by atoms with Gasteiger partial charge in [-0.25, -0.2) is 17.2 Å². The van der Waals surface area contributed by atoms with Crippen LogP contribution in [0.2, 0.25) is 0 Å². The molecule has 0 radical (unpaired) electrons. The monoisotopic (exact) mass is 324 g/mol. The van der Waals surface area contributed by atoms with Crippen molar-refractivity contribution in [2.45, 2.75) is 30.2 Å². The number of amides is 2. The molecule has 0 saturated carbocycles. The molecule has 0 aliphatic carbocycles. The van der Waals surface area contributed by atoms with Crippen molar-refractivity contribution in [3.63, 3.8) is 0 Å². The van der Waals surface area contributed by atoms with E-state index in [1.807, 2.05) is 10.0 Å². The van der Waals surface area contributed by atoms with Crippen LogP contribution in [0.25, 0.3) is 0 Å². The van der Waals surface area contributed by atoms with E-state index in [4.69, 9.17) is 0 Å². The zero-order valence-electron chi connectivity index (χ0n) is 9.93. The molecule has 1 aliphatic heterocycles. The standard InChI is InChI=1S/C10H10F2N2O4S2/c11-9(12)5-3-19-4-7(5)20(17,18)14-6-1-2-8(15)13-10(6)16/h3-4,6,9,14H,1-2H2,(H,13,15,16). The van der Waals surface area contributed by atoms with Crippen molar-refractivity contribution >= 4 is 33.2 Å². The van der Waals surface area contributed by atoms with Crippen LogP contribution < -0.4 is 10.0 Å². The van der Waals surface area contributed by atoms with Gasteiger partial charge in [0, 0.05) is 22.7 Å². The number of piperidine rings is 1. The summed E-state index contributed by atoms with van der Waals surface area (Å²) < 4.78 is 51.4. The van der Waals surface area contributed by atoms with Gasteiger partial charge in [0.2, 0.25) is 21.8 Å². The van der Waals surface area contributed by atoms with E-state index in [1.165, 1.54) is 0 Å². The highest BCUT2D eigenvalue weighted by atomic mass is 32.2. The van der Waals surface area contributed by atoms with Crippen LogP contribution in [-0.4, -0.2) is 26.3 Å².